The van der Waals surface area contributed by atoms with Gasteiger partial charge in [-0.15, -0.1) is 0 Å². The average Bonchev–Trinajstić information content (AvgIpc) is 1.00. The maximum Gasteiger partial charge on any atom is 2.00 e. The molecule has 0 aliphatic rings. The normalized spacial score (nSPS) is 1.50. The molecule has 0 heterocycles. The van der Waals surface area contributed by atoms with E-state index in [-0.39, 0.29) is 28.5 Å². The minimum atomic E-state index is 0. The fourth-order valence-corrected chi connectivity index (χ4v) is 0. The maximum atomic E-state index is 6.00. The molecule has 4 heavy (non-hydrogen) atoms. The molecule has 2 N–H and O–H groups in total. The summed E-state index contributed by atoms with van der Waals surface area (Å²) in [5, 5.41) is 12.0. The van der Waals surface area contributed by atoms with Gasteiger partial charge in [0.25, 0.3) is 0 Å². The van der Waals surface area contributed by atoms with E-state index < -0.39 is 0 Å². The van der Waals surface area contributed by atoms with Crippen molar-refractivity contribution < 1.29 is 16.0 Å². The molecule has 22 valence electrons. The Hall–Kier alpha value is 0.646. The quantitative estimate of drug-likeness (QED) is 0.231. The van der Waals surface area contributed by atoms with Crippen LogP contribution >= 0.6 is 0 Å². The first-order chi connectivity index (χ1) is 1.00. The van der Waals surface area contributed by atoms with E-state index in [9.17, 15) is 0 Å². The fourth-order valence-electron chi connectivity index (χ4n) is 0. The van der Waals surface area contributed by atoms with Crippen molar-refractivity contribution in [2.75, 3.05) is 0 Å². The van der Waals surface area contributed by atoms with Gasteiger partial charge >= 0.3 is 23.1 Å². The van der Waals surface area contributed by atoms with Crippen molar-refractivity contribution >= 4 is 23.1 Å². The van der Waals surface area contributed by atoms with Gasteiger partial charge in [-0.3, -0.25) is 10.5 Å². The Kier molecular flexibility index (Phi) is 348. The summed E-state index contributed by atoms with van der Waals surface area (Å²) in [5.74, 6) is 0. The predicted molar refractivity (Wildman–Crippen MR) is 11.7 cm³/mol. The average molecular weight is 74.3 g/mol. The first-order valence-corrected chi connectivity index (χ1v) is 0.200. The van der Waals surface area contributed by atoms with Crippen molar-refractivity contribution in [3.63, 3.8) is 0 Å². The van der Waals surface area contributed by atoms with Crippen LogP contribution in [0.3, 0.4) is 0 Å². The van der Waals surface area contributed by atoms with Gasteiger partial charge in [0.1, 0.15) is 0 Å². The molecule has 0 aliphatic carbocycles. The molecule has 4 heteroatoms. The van der Waals surface area contributed by atoms with Crippen LogP contribution in [-0.4, -0.2) is 33.6 Å². The van der Waals surface area contributed by atoms with Gasteiger partial charge in [0.2, 0.25) is 0 Å². The van der Waals surface area contributed by atoms with Crippen LogP contribution in [0.1, 0.15) is 0 Å². The standard InChI is InChI=1S/Mg.H2O2.O/c;1-2;/h;1-2H;/q+2;;-2. The van der Waals surface area contributed by atoms with Crippen molar-refractivity contribution in [3.8, 4) is 0 Å². The van der Waals surface area contributed by atoms with Crippen LogP contribution in [-0.2, 0) is 5.48 Å². The minimum Gasteiger partial charge on any atom is -2.00 e. The van der Waals surface area contributed by atoms with Crippen molar-refractivity contribution in [2.45, 2.75) is 0 Å². The fraction of sp³-hybridized carbons (Fsp3) is 0. The van der Waals surface area contributed by atoms with E-state index in [0.717, 1.165) is 0 Å². The molecular weight excluding hydrogens is 72.3 g/mol. The van der Waals surface area contributed by atoms with E-state index in [1.165, 1.54) is 0 Å². The second-order valence-electron chi connectivity index (χ2n) is 0. The molecule has 0 atom stereocenters. The predicted octanol–water partition coefficient (Wildman–Crippen LogP) is -0.482. The van der Waals surface area contributed by atoms with Gasteiger partial charge in [-0.2, -0.15) is 0 Å². The monoisotopic (exact) mass is 74.0 g/mol. The topological polar surface area (TPSA) is 69.0 Å². The van der Waals surface area contributed by atoms with Gasteiger partial charge in [0.15, 0.2) is 0 Å². The Balaban J connectivity index is -0.00000000500. The van der Waals surface area contributed by atoms with Crippen molar-refractivity contribution in [3.05, 3.63) is 0 Å². The van der Waals surface area contributed by atoms with Crippen molar-refractivity contribution in [2.24, 2.45) is 0 Å². The van der Waals surface area contributed by atoms with Crippen LogP contribution in [0.15, 0.2) is 0 Å². The molecule has 0 amide bonds. The molecule has 0 bridgehead atoms. The molecule has 0 saturated heterocycles. The third kappa shape index (κ3) is 17.2. The Morgan fingerprint density at radius 3 is 1.00 bits per heavy atom. The van der Waals surface area contributed by atoms with Crippen LogP contribution in [0, 0.1) is 0 Å². The summed E-state index contributed by atoms with van der Waals surface area (Å²) < 4.78 is 0. The number of hydrogen-bond acceptors (Lipinski definition) is 2. The molecule has 0 aromatic rings. The van der Waals surface area contributed by atoms with Gasteiger partial charge in [0.05, 0.1) is 0 Å². The van der Waals surface area contributed by atoms with E-state index in [1.54, 1.807) is 0 Å². The third-order valence-corrected chi connectivity index (χ3v) is 0. The SMILES string of the molecule is OO.[Mg+2].[O-2]. The molecule has 0 fully saturated rings. The van der Waals surface area contributed by atoms with Gasteiger partial charge < -0.3 is 5.48 Å². The van der Waals surface area contributed by atoms with Gasteiger partial charge in [-0.1, -0.05) is 0 Å². The zero-order valence-electron chi connectivity index (χ0n) is 2.01. The summed E-state index contributed by atoms with van der Waals surface area (Å²) in [6.45, 7) is 0. The minimum absolute atomic E-state index is 0. The van der Waals surface area contributed by atoms with Crippen molar-refractivity contribution in [1.82, 2.24) is 0 Å². The second-order valence-corrected chi connectivity index (χ2v) is 0. The molecule has 0 radical (unpaired) electrons. The first-order valence-electron chi connectivity index (χ1n) is 0.200. The summed E-state index contributed by atoms with van der Waals surface area (Å²) >= 11 is 0. The zero-order valence-corrected chi connectivity index (χ0v) is 3.42. The number of rotatable bonds is 0. The van der Waals surface area contributed by atoms with Crippen LogP contribution in [0.4, 0.5) is 0 Å². The third-order valence-electron chi connectivity index (χ3n) is 0. The summed E-state index contributed by atoms with van der Waals surface area (Å²) in [6.07, 6.45) is 0. The van der Waals surface area contributed by atoms with E-state index in [0.29, 0.717) is 0 Å². The van der Waals surface area contributed by atoms with Gasteiger partial charge in [-0.25, -0.2) is 0 Å². The first kappa shape index (κ1) is 22.8. The van der Waals surface area contributed by atoms with Gasteiger partial charge in [-0.05, 0) is 0 Å². The van der Waals surface area contributed by atoms with E-state index in [2.05, 4.69) is 0 Å². The number of hydrogen-bond donors (Lipinski definition) is 2. The smallest absolute Gasteiger partial charge is 2.00 e. The molecule has 0 spiro atoms. The van der Waals surface area contributed by atoms with Crippen LogP contribution in [0.25, 0.3) is 0 Å². The maximum absolute atomic E-state index is 6.00. The van der Waals surface area contributed by atoms with E-state index in [4.69, 9.17) is 10.5 Å². The van der Waals surface area contributed by atoms with Gasteiger partial charge in [0, 0.05) is 0 Å². The molecule has 0 saturated carbocycles. The van der Waals surface area contributed by atoms with Crippen LogP contribution in [0.2, 0.25) is 0 Å². The van der Waals surface area contributed by atoms with E-state index in [1.807, 2.05) is 0 Å². The summed E-state index contributed by atoms with van der Waals surface area (Å²) in [6, 6.07) is 0. The molecule has 0 aliphatic heterocycles. The Bertz CT molecular complexity index is 3.25. The summed E-state index contributed by atoms with van der Waals surface area (Å²) in [5.41, 5.74) is 0. The molecular formula is H2MgO3. The Labute approximate surface area is 39.6 Å². The molecule has 0 aromatic carbocycles. The Morgan fingerprint density at radius 1 is 1.00 bits per heavy atom. The molecule has 0 rings (SSSR count). The summed E-state index contributed by atoms with van der Waals surface area (Å²) in [4.78, 5) is 0. The molecule has 0 aromatic heterocycles. The zero-order chi connectivity index (χ0) is 2.00. The van der Waals surface area contributed by atoms with Crippen LogP contribution < -0.4 is 0 Å². The van der Waals surface area contributed by atoms with Crippen molar-refractivity contribution in [1.29, 1.82) is 0 Å². The molecule has 0 unspecified atom stereocenters. The van der Waals surface area contributed by atoms with E-state index >= 15 is 0 Å². The largest absolute Gasteiger partial charge is 2.00 e. The summed E-state index contributed by atoms with van der Waals surface area (Å²) in [7, 11) is 0. The van der Waals surface area contributed by atoms with Crippen LogP contribution in [0.5, 0.6) is 0 Å². The second kappa shape index (κ2) is 61.1. The Morgan fingerprint density at radius 2 is 1.00 bits per heavy atom. The molecule has 3 nitrogen and oxygen atoms in total.